The molecule has 7 heteroatoms. The fourth-order valence-corrected chi connectivity index (χ4v) is 2.40. The van der Waals surface area contributed by atoms with Crippen LogP contribution in [0, 0.1) is 0 Å². The first-order valence-corrected chi connectivity index (χ1v) is 8.55. The number of carbonyl (C=O) groups excluding carboxylic acids is 2. The molecule has 140 valence electrons. The summed E-state index contributed by atoms with van der Waals surface area (Å²) in [6, 6.07) is 7.13. The van der Waals surface area contributed by atoms with Crippen molar-refractivity contribution in [1.29, 1.82) is 0 Å². The fourth-order valence-electron chi connectivity index (χ4n) is 2.40. The van der Waals surface area contributed by atoms with Crippen LogP contribution in [-0.2, 0) is 22.5 Å². The van der Waals surface area contributed by atoms with Crippen LogP contribution in [0.2, 0.25) is 0 Å². The van der Waals surface area contributed by atoms with Gasteiger partial charge in [-0.25, -0.2) is 9.78 Å². The van der Waals surface area contributed by atoms with Gasteiger partial charge in [0.1, 0.15) is 5.60 Å². The molecule has 26 heavy (non-hydrogen) atoms. The highest BCUT2D eigenvalue weighted by Crippen LogP contribution is 2.13. The quantitative estimate of drug-likeness (QED) is 0.831. The first-order chi connectivity index (χ1) is 12.2. The molecule has 1 atom stereocenters. The molecule has 2 aromatic rings. The summed E-state index contributed by atoms with van der Waals surface area (Å²) < 4.78 is 7.12. The zero-order valence-electron chi connectivity index (χ0n) is 15.7. The molecule has 1 aromatic heterocycles. The normalized spacial score (nSPS) is 12.3. The molecule has 0 saturated carbocycles. The van der Waals surface area contributed by atoms with Gasteiger partial charge in [-0.15, -0.1) is 0 Å². The van der Waals surface area contributed by atoms with Crippen molar-refractivity contribution >= 4 is 17.7 Å². The van der Waals surface area contributed by atoms with E-state index in [1.807, 2.05) is 50.6 Å². The Morgan fingerprint density at radius 3 is 2.50 bits per heavy atom. The second kappa shape index (κ2) is 8.51. The summed E-state index contributed by atoms with van der Waals surface area (Å²) in [6.07, 6.45) is 5.07. The number of anilines is 1. The topological polar surface area (TPSA) is 85.3 Å². The van der Waals surface area contributed by atoms with E-state index >= 15 is 0 Å². The standard InChI is InChI=1S/C19H26N4O3/c1-14(12-23-10-9-20-13-23)21-17(24)11-15-5-7-16(8-6-15)22-18(25)26-19(2,3)4/h5-10,13-14H,11-12H2,1-4H3,(H,21,24)(H,22,25)/t14-/m0/s1. The molecule has 0 aliphatic rings. The molecular formula is C19H26N4O3. The molecule has 1 aromatic carbocycles. The van der Waals surface area contributed by atoms with E-state index in [0.717, 1.165) is 5.56 Å². The van der Waals surface area contributed by atoms with Crippen LogP contribution in [0.25, 0.3) is 0 Å². The number of benzene rings is 1. The third-order valence-electron chi connectivity index (χ3n) is 3.42. The highest BCUT2D eigenvalue weighted by molar-refractivity contribution is 5.85. The summed E-state index contributed by atoms with van der Waals surface area (Å²) in [7, 11) is 0. The van der Waals surface area contributed by atoms with Crippen molar-refractivity contribution in [3.8, 4) is 0 Å². The lowest BCUT2D eigenvalue weighted by Crippen LogP contribution is -2.36. The van der Waals surface area contributed by atoms with Gasteiger partial charge < -0.3 is 14.6 Å². The average molecular weight is 358 g/mol. The van der Waals surface area contributed by atoms with Crippen molar-refractivity contribution in [1.82, 2.24) is 14.9 Å². The number of nitrogens with zero attached hydrogens (tertiary/aromatic N) is 2. The maximum Gasteiger partial charge on any atom is 0.412 e. The number of rotatable bonds is 6. The predicted octanol–water partition coefficient (Wildman–Crippen LogP) is 2.98. The zero-order chi connectivity index (χ0) is 19.2. The fraction of sp³-hybridized carbons (Fsp3) is 0.421. The lowest BCUT2D eigenvalue weighted by Gasteiger charge is -2.19. The molecule has 0 aliphatic heterocycles. The lowest BCUT2D eigenvalue weighted by molar-refractivity contribution is -0.121. The van der Waals surface area contributed by atoms with E-state index in [0.29, 0.717) is 12.2 Å². The monoisotopic (exact) mass is 358 g/mol. The number of nitrogens with one attached hydrogen (secondary N) is 2. The third kappa shape index (κ3) is 6.96. The minimum absolute atomic E-state index is 0.00445. The molecular weight excluding hydrogens is 332 g/mol. The van der Waals surface area contributed by atoms with Crippen molar-refractivity contribution in [2.75, 3.05) is 5.32 Å². The van der Waals surface area contributed by atoms with Crippen LogP contribution in [0.1, 0.15) is 33.3 Å². The van der Waals surface area contributed by atoms with E-state index in [4.69, 9.17) is 4.74 Å². The number of hydrogen-bond acceptors (Lipinski definition) is 4. The van der Waals surface area contributed by atoms with Crippen LogP contribution in [0.4, 0.5) is 10.5 Å². The third-order valence-corrected chi connectivity index (χ3v) is 3.42. The molecule has 0 radical (unpaired) electrons. The molecule has 0 fully saturated rings. The van der Waals surface area contributed by atoms with Crippen LogP contribution in [0.15, 0.2) is 43.0 Å². The van der Waals surface area contributed by atoms with Gasteiger partial charge in [-0.1, -0.05) is 12.1 Å². The number of imidazole rings is 1. The Kier molecular flexibility index (Phi) is 6.38. The van der Waals surface area contributed by atoms with Gasteiger partial charge in [0.05, 0.1) is 12.7 Å². The molecule has 0 spiro atoms. The van der Waals surface area contributed by atoms with Crippen LogP contribution in [0.5, 0.6) is 0 Å². The number of amides is 2. The van der Waals surface area contributed by atoms with Crippen LogP contribution < -0.4 is 10.6 Å². The van der Waals surface area contributed by atoms with E-state index < -0.39 is 11.7 Å². The molecule has 0 bridgehead atoms. The van der Waals surface area contributed by atoms with Gasteiger partial charge in [0.15, 0.2) is 0 Å². The first kappa shape index (κ1) is 19.5. The van der Waals surface area contributed by atoms with Crippen LogP contribution >= 0.6 is 0 Å². The number of hydrogen-bond donors (Lipinski definition) is 2. The Bertz CT molecular complexity index is 718. The predicted molar refractivity (Wildman–Crippen MR) is 99.8 cm³/mol. The van der Waals surface area contributed by atoms with Crippen molar-refractivity contribution < 1.29 is 14.3 Å². The molecule has 1 heterocycles. The smallest absolute Gasteiger partial charge is 0.412 e. The average Bonchev–Trinajstić information content (AvgIpc) is 2.99. The van der Waals surface area contributed by atoms with E-state index in [2.05, 4.69) is 15.6 Å². The SMILES string of the molecule is C[C@@H](Cn1ccnc1)NC(=O)Cc1ccc(NC(=O)OC(C)(C)C)cc1. The van der Waals surface area contributed by atoms with E-state index in [1.165, 1.54) is 0 Å². The molecule has 2 amide bonds. The minimum Gasteiger partial charge on any atom is -0.444 e. The molecule has 0 saturated heterocycles. The Morgan fingerprint density at radius 1 is 1.23 bits per heavy atom. The summed E-state index contributed by atoms with van der Waals surface area (Å²) in [5, 5.41) is 5.63. The maximum absolute atomic E-state index is 12.1. The number of aromatic nitrogens is 2. The summed E-state index contributed by atoms with van der Waals surface area (Å²) in [4.78, 5) is 27.9. The van der Waals surface area contributed by atoms with Crippen LogP contribution in [-0.4, -0.2) is 33.2 Å². The highest BCUT2D eigenvalue weighted by atomic mass is 16.6. The van der Waals surface area contributed by atoms with Gasteiger partial charge in [0, 0.05) is 30.7 Å². The van der Waals surface area contributed by atoms with Gasteiger partial charge in [-0.3, -0.25) is 10.1 Å². The number of carbonyl (C=O) groups is 2. The van der Waals surface area contributed by atoms with Gasteiger partial charge in [0.25, 0.3) is 0 Å². The summed E-state index contributed by atoms with van der Waals surface area (Å²) in [5.41, 5.74) is 0.944. The van der Waals surface area contributed by atoms with Crippen molar-refractivity contribution in [3.05, 3.63) is 48.5 Å². The van der Waals surface area contributed by atoms with E-state index in [-0.39, 0.29) is 18.4 Å². The van der Waals surface area contributed by atoms with Gasteiger partial charge >= 0.3 is 6.09 Å². The largest absolute Gasteiger partial charge is 0.444 e. The van der Waals surface area contributed by atoms with E-state index in [9.17, 15) is 9.59 Å². The molecule has 2 rings (SSSR count). The zero-order valence-corrected chi connectivity index (χ0v) is 15.7. The Labute approximate surface area is 153 Å². The van der Waals surface area contributed by atoms with Gasteiger partial charge in [-0.05, 0) is 45.4 Å². The highest BCUT2D eigenvalue weighted by Gasteiger charge is 2.16. The Morgan fingerprint density at radius 2 is 1.92 bits per heavy atom. The van der Waals surface area contributed by atoms with Crippen molar-refractivity contribution in [2.45, 2.75) is 52.3 Å². The summed E-state index contributed by atoms with van der Waals surface area (Å²) >= 11 is 0. The summed E-state index contributed by atoms with van der Waals surface area (Å²) in [5.74, 6) is -0.0505. The second-order valence-corrected chi connectivity index (χ2v) is 7.23. The lowest BCUT2D eigenvalue weighted by atomic mass is 10.1. The maximum atomic E-state index is 12.1. The Hall–Kier alpha value is -2.83. The number of ether oxygens (including phenoxy) is 1. The van der Waals surface area contributed by atoms with Gasteiger partial charge in [0.2, 0.25) is 5.91 Å². The molecule has 2 N–H and O–H groups in total. The Balaban J connectivity index is 1.80. The molecule has 7 nitrogen and oxygen atoms in total. The first-order valence-electron chi connectivity index (χ1n) is 8.55. The molecule has 0 unspecified atom stereocenters. The van der Waals surface area contributed by atoms with Gasteiger partial charge in [-0.2, -0.15) is 0 Å². The summed E-state index contributed by atoms with van der Waals surface area (Å²) in [6.45, 7) is 8.04. The minimum atomic E-state index is -0.546. The second-order valence-electron chi connectivity index (χ2n) is 7.23. The van der Waals surface area contributed by atoms with Crippen molar-refractivity contribution in [3.63, 3.8) is 0 Å². The molecule has 0 aliphatic carbocycles. The van der Waals surface area contributed by atoms with E-state index in [1.54, 1.807) is 24.7 Å². The van der Waals surface area contributed by atoms with Crippen molar-refractivity contribution in [2.24, 2.45) is 0 Å². The van der Waals surface area contributed by atoms with Crippen LogP contribution in [0.3, 0.4) is 0 Å².